The van der Waals surface area contributed by atoms with Crippen LogP contribution >= 0.6 is 12.2 Å². The van der Waals surface area contributed by atoms with Crippen LogP contribution in [-0.2, 0) is 6.18 Å². The zero-order valence-corrected chi connectivity index (χ0v) is 14.0. The van der Waals surface area contributed by atoms with Crippen LogP contribution in [0.15, 0.2) is 60.8 Å². The molecule has 2 aromatic heterocycles. The first-order valence-electron chi connectivity index (χ1n) is 7.64. The molecular weight excluding hydrogens is 361 g/mol. The highest BCUT2D eigenvalue weighted by Crippen LogP contribution is 2.32. The molecule has 2 aromatic carbocycles. The monoisotopic (exact) mass is 372 g/mol. The molecule has 0 radical (unpaired) electrons. The second kappa shape index (κ2) is 6.06. The molecule has 0 bridgehead atoms. The van der Waals surface area contributed by atoms with Gasteiger partial charge in [-0.25, -0.2) is 0 Å². The van der Waals surface area contributed by atoms with E-state index in [1.165, 1.54) is 10.6 Å². The van der Waals surface area contributed by atoms with E-state index in [0.29, 0.717) is 11.5 Å². The summed E-state index contributed by atoms with van der Waals surface area (Å²) in [6.45, 7) is 0. The molecule has 0 saturated carbocycles. The number of pyridine rings is 1. The van der Waals surface area contributed by atoms with Gasteiger partial charge in [0.15, 0.2) is 10.6 Å². The summed E-state index contributed by atoms with van der Waals surface area (Å²) in [7, 11) is 0. The number of halogens is 3. The SMILES string of the molecule is FC(F)(F)c1cccc(-n2c(-c3nccc4ccccc34)n[nH]c2=S)c1. The van der Waals surface area contributed by atoms with Crippen molar-refractivity contribution in [3.8, 4) is 17.2 Å². The topological polar surface area (TPSA) is 46.5 Å². The third-order valence-electron chi connectivity index (χ3n) is 3.99. The summed E-state index contributed by atoms with van der Waals surface area (Å²) in [5, 5.41) is 8.64. The van der Waals surface area contributed by atoms with Crippen molar-refractivity contribution in [2.75, 3.05) is 0 Å². The van der Waals surface area contributed by atoms with Gasteiger partial charge in [-0.15, -0.1) is 0 Å². The van der Waals surface area contributed by atoms with Gasteiger partial charge in [-0.3, -0.25) is 14.6 Å². The predicted molar refractivity (Wildman–Crippen MR) is 94.5 cm³/mol. The number of benzene rings is 2. The maximum Gasteiger partial charge on any atom is 0.416 e. The number of nitrogens with zero attached hydrogens (tertiary/aromatic N) is 3. The van der Waals surface area contributed by atoms with E-state index in [4.69, 9.17) is 12.2 Å². The van der Waals surface area contributed by atoms with Crippen LogP contribution in [-0.4, -0.2) is 19.7 Å². The Morgan fingerprint density at radius 1 is 1.00 bits per heavy atom. The van der Waals surface area contributed by atoms with Gasteiger partial charge in [0.2, 0.25) is 0 Å². The molecule has 0 aliphatic heterocycles. The van der Waals surface area contributed by atoms with E-state index in [-0.39, 0.29) is 10.5 Å². The molecule has 4 nitrogen and oxygen atoms in total. The molecule has 8 heteroatoms. The van der Waals surface area contributed by atoms with Gasteiger partial charge in [-0.05, 0) is 41.9 Å². The average Bonchev–Trinajstić information content (AvgIpc) is 3.02. The van der Waals surface area contributed by atoms with Crippen LogP contribution in [0.4, 0.5) is 13.2 Å². The van der Waals surface area contributed by atoms with Gasteiger partial charge in [0.1, 0.15) is 5.69 Å². The number of H-pyrrole nitrogens is 1. The number of rotatable bonds is 2. The number of nitrogens with one attached hydrogen (secondary N) is 1. The number of hydrogen-bond donors (Lipinski definition) is 1. The second-order valence-corrected chi connectivity index (χ2v) is 6.00. The van der Waals surface area contributed by atoms with Crippen LogP contribution in [0.1, 0.15) is 5.56 Å². The van der Waals surface area contributed by atoms with Gasteiger partial charge in [0.05, 0.1) is 11.3 Å². The molecule has 0 atom stereocenters. The van der Waals surface area contributed by atoms with Crippen molar-refractivity contribution in [2.45, 2.75) is 6.18 Å². The lowest BCUT2D eigenvalue weighted by atomic mass is 10.1. The summed E-state index contributed by atoms with van der Waals surface area (Å²) in [5.41, 5.74) is 0.0473. The molecule has 0 amide bonds. The molecule has 2 heterocycles. The minimum absolute atomic E-state index is 0.189. The van der Waals surface area contributed by atoms with Gasteiger partial charge in [0.25, 0.3) is 0 Å². The maximum absolute atomic E-state index is 13.1. The van der Waals surface area contributed by atoms with Crippen molar-refractivity contribution in [1.29, 1.82) is 0 Å². The zero-order valence-electron chi connectivity index (χ0n) is 13.2. The van der Waals surface area contributed by atoms with Gasteiger partial charge < -0.3 is 0 Å². The number of aromatic amines is 1. The number of alkyl halides is 3. The van der Waals surface area contributed by atoms with Crippen LogP contribution in [0.3, 0.4) is 0 Å². The first-order chi connectivity index (χ1) is 12.4. The fourth-order valence-electron chi connectivity index (χ4n) is 2.81. The molecule has 0 aliphatic rings. The normalized spacial score (nSPS) is 11.8. The van der Waals surface area contributed by atoms with Gasteiger partial charge in [-0.1, -0.05) is 30.3 Å². The number of hydrogen-bond acceptors (Lipinski definition) is 3. The standard InChI is InChI=1S/C18H11F3N4S/c19-18(20,21)12-5-3-6-13(10-12)25-16(23-24-17(25)26)15-14-7-2-1-4-11(14)8-9-22-15/h1-10H,(H,24,26). The summed E-state index contributed by atoms with van der Waals surface area (Å²) in [6.07, 6.45) is -2.81. The number of fused-ring (bicyclic) bond motifs is 1. The van der Waals surface area contributed by atoms with Gasteiger partial charge in [0, 0.05) is 11.6 Å². The lowest BCUT2D eigenvalue weighted by Crippen LogP contribution is -2.07. The van der Waals surface area contributed by atoms with Crippen molar-refractivity contribution < 1.29 is 13.2 Å². The molecule has 130 valence electrons. The molecular formula is C18H11F3N4S. The lowest BCUT2D eigenvalue weighted by molar-refractivity contribution is -0.137. The van der Waals surface area contributed by atoms with Crippen molar-refractivity contribution in [2.24, 2.45) is 0 Å². The van der Waals surface area contributed by atoms with E-state index >= 15 is 0 Å². The Bertz CT molecular complexity index is 1160. The Hall–Kier alpha value is -3.00. The highest BCUT2D eigenvalue weighted by Gasteiger charge is 2.30. The number of aromatic nitrogens is 4. The summed E-state index contributed by atoms with van der Waals surface area (Å²) in [6, 6.07) is 14.4. The smallest absolute Gasteiger partial charge is 0.267 e. The first kappa shape index (κ1) is 16.5. The van der Waals surface area contributed by atoms with Gasteiger partial charge in [-0.2, -0.15) is 18.3 Å². The largest absolute Gasteiger partial charge is 0.416 e. The summed E-state index contributed by atoms with van der Waals surface area (Å²) in [4.78, 5) is 4.38. The minimum atomic E-state index is -4.44. The molecule has 0 unspecified atom stereocenters. The highest BCUT2D eigenvalue weighted by molar-refractivity contribution is 7.71. The minimum Gasteiger partial charge on any atom is -0.267 e. The summed E-state index contributed by atoms with van der Waals surface area (Å²) < 4.78 is 40.9. The van der Waals surface area contributed by atoms with Crippen molar-refractivity contribution in [1.82, 2.24) is 19.7 Å². The third-order valence-corrected chi connectivity index (χ3v) is 4.26. The molecule has 26 heavy (non-hydrogen) atoms. The molecule has 1 N–H and O–H groups in total. The van der Waals surface area contributed by atoms with Crippen LogP contribution in [0.25, 0.3) is 28.0 Å². The molecule has 4 aromatic rings. The Balaban J connectivity index is 1.96. The molecule has 0 spiro atoms. The Morgan fingerprint density at radius 3 is 2.62 bits per heavy atom. The van der Waals surface area contributed by atoms with E-state index < -0.39 is 11.7 Å². The van der Waals surface area contributed by atoms with Crippen LogP contribution in [0.5, 0.6) is 0 Å². The van der Waals surface area contributed by atoms with Crippen LogP contribution in [0, 0.1) is 4.77 Å². The fourth-order valence-corrected chi connectivity index (χ4v) is 3.05. The van der Waals surface area contributed by atoms with E-state index in [1.807, 2.05) is 30.3 Å². The Kier molecular flexibility index (Phi) is 3.84. The fraction of sp³-hybridized carbons (Fsp3) is 0.0556. The van der Waals surface area contributed by atoms with E-state index in [0.717, 1.165) is 22.9 Å². The maximum atomic E-state index is 13.1. The molecule has 0 saturated heterocycles. The molecule has 0 aliphatic carbocycles. The first-order valence-corrected chi connectivity index (χ1v) is 8.05. The van der Waals surface area contributed by atoms with Crippen molar-refractivity contribution >= 4 is 23.0 Å². The lowest BCUT2D eigenvalue weighted by Gasteiger charge is -2.11. The quantitative estimate of drug-likeness (QED) is 0.494. The van der Waals surface area contributed by atoms with Gasteiger partial charge >= 0.3 is 6.18 Å². The van der Waals surface area contributed by atoms with E-state index in [1.54, 1.807) is 12.3 Å². The average molecular weight is 372 g/mol. The van der Waals surface area contributed by atoms with Crippen LogP contribution < -0.4 is 0 Å². The Morgan fingerprint density at radius 2 is 1.81 bits per heavy atom. The third kappa shape index (κ3) is 2.78. The molecule has 0 fully saturated rings. The van der Waals surface area contributed by atoms with E-state index in [2.05, 4.69) is 15.2 Å². The predicted octanol–water partition coefficient (Wildman–Crippen LogP) is 5.16. The van der Waals surface area contributed by atoms with E-state index in [9.17, 15) is 13.2 Å². The molecule has 4 rings (SSSR count). The summed E-state index contributed by atoms with van der Waals surface area (Å²) in [5.74, 6) is 0.353. The van der Waals surface area contributed by atoms with Crippen LogP contribution in [0.2, 0.25) is 0 Å². The second-order valence-electron chi connectivity index (χ2n) is 5.62. The van der Waals surface area contributed by atoms with Crippen molar-refractivity contribution in [3.63, 3.8) is 0 Å². The highest BCUT2D eigenvalue weighted by atomic mass is 32.1. The summed E-state index contributed by atoms with van der Waals surface area (Å²) >= 11 is 5.25. The zero-order chi connectivity index (χ0) is 18.3. The Labute approximate surface area is 150 Å². The van der Waals surface area contributed by atoms with Crippen molar-refractivity contribution in [3.05, 3.63) is 71.1 Å².